The number of hydrogen-bond acceptors (Lipinski definition) is 3. The van der Waals surface area contributed by atoms with Crippen LogP contribution >= 0.6 is 11.6 Å². The number of aryl methyl sites for hydroxylation is 1. The molecule has 2 aromatic rings. The second kappa shape index (κ2) is 8.45. The van der Waals surface area contributed by atoms with Gasteiger partial charge in [-0.1, -0.05) is 29.8 Å². The average molecular weight is 373 g/mol. The molecule has 1 saturated heterocycles. The molecule has 0 unspecified atom stereocenters. The van der Waals surface area contributed by atoms with Gasteiger partial charge >= 0.3 is 0 Å². The van der Waals surface area contributed by atoms with E-state index >= 15 is 0 Å². The fourth-order valence-electron chi connectivity index (χ4n) is 3.17. The molecule has 1 fully saturated rings. The molecule has 1 aliphatic heterocycles. The van der Waals surface area contributed by atoms with Crippen molar-refractivity contribution in [3.05, 3.63) is 58.6 Å². The first kappa shape index (κ1) is 18.6. The molecule has 26 heavy (non-hydrogen) atoms. The Hall–Kier alpha value is -2.20. The monoisotopic (exact) mass is 372 g/mol. The topological polar surface area (TPSA) is 32.8 Å². The summed E-state index contributed by atoms with van der Waals surface area (Å²) in [4.78, 5) is 16.6. The number of carbonyl (C=O) groups excluding carboxylic acids is 1. The number of piperazine rings is 1. The van der Waals surface area contributed by atoms with Crippen LogP contribution in [0.2, 0.25) is 5.02 Å². The van der Waals surface area contributed by atoms with E-state index in [0.29, 0.717) is 13.0 Å². The Balaban J connectivity index is 1.46. The predicted octanol–water partition coefficient (Wildman–Crippen LogP) is 4.07. The number of benzene rings is 2. The smallest absolute Gasteiger partial charge is 0.226 e. The molecule has 2 aromatic carbocycles. The van der Waals surface area contributed by atoms with Crippen molar-refractivity contribution < 1.29 is 9.53 Å². The molecule has 1 aliphatic rings. The SMILES string of the molecule is Cc1cccc(OCCC(=O)N2CCN(c3cccc(Cl)c3)CC2)c1C. The number of ether oxygens (including phenoxy) is 1. The van der Waals surface area contributed by atoms with Crippen molar-refractivity contribution in [1.29, 1.82) is 0 Å². The van der Waals surface area contributed by atoms with Crippen LogP contribution in [0.15, 0.2) is 42.5 Å². The quantitative estimate of drug-likeness (QED) is 0.793. The minimum atomic E-state index is 0.154. The molecule has 4 nitrogen and oxygen atoms in total. The maximum absolute atomic E-state index is 12.4. The number of halogens is 1. The number of anilines is 1. The summed E-state index contributed by atoms with van der Waals surface area (Å²) in [5.41, 5.74) is 3.45. The Morgan fingerprint density at radius 2 is 1.81 bits per heavy atom. The van der Waals surface area contributed by atoms with E-state index in [4.69, 9.17) is 16.3 Å². The molecule has 1 heterocycles. The summed E-state index contributed by atoms with van der Waals surface area (Å²) in [6, 6.07) is 13.9. The van der Waals surface area contributed by atoms with E-state index in [1.165, 1.54) is 5.56 Å². The molecule has 0 aromatic heterocycles. The fourth-order valence-corrected chi connectivity index (χ4v) is 3.36. The molecule has 0 saturated carbocycles. The maximum atomic E-state index is 12.4. The first-order valence-corrected chi connectivity index (χ1v) is 9.39. The Labute approximate surface area is 160 Å². The minimum Gasteiger partial charge on any atom is -0.493 e. The molecule has 0 atom stereocenters. The van der Waals surface area contributed by atoms with Crippen LogP contribution in [0.1, 0.15) is 17.5 Å². The van der Waals surface area contributed by atoms with Gasteiger partial charge in [0, 0.05) is 36.9 Å². The molecule has 0 aliphatic carbocycles. The Morgan fingerprint density at radius 1 is 1.08 bits per heavy atom. The maximum Gasteiger partial charge on any atom is 0.226 e. The summed E-state index contributed by atoms with van der Waals surface area (Å²) >= 11 is 6.07. The molecular weight excluding hydrogens is 348 g/mol. The highest BCUT2D eigenvalue weighted by Gasteiger charge is 2.21. The van der Waals surface area contributed by atoms with E-state index in [1.807, 2.05) is 42.2 Å². The zero-order valence-electron chi connectivity index (χ0n) is 15.4. The van der Waals surface area contributed by atoms with Crippen molar-refractivity contribution >= 4 is 23.2 Å². The lowest BCUT2D eigenvalue weighted by Crippen LogP contribution is -2.49. The molecule has 1 amide bonds. The normalized spacial score (nSPS) is 14.4. The molecule has 0 bridgehead atoms. The fraction of sp³-hybridized carbons (Fsp3) is 0.381. The molecule has 0 N–H and O–H groups in total. The Morgan fingerprint density at radius 3 is 2.54 bits per heavy atom. The van der Waals surface area contributed by atoms with Gasteiger partial charge in [-0.05, 0) is 49.2 Å². The Bertz CT molecular complexity index is 770. The highest BCUT2D eigenvalue weighted by Crippen LogP contribution is 2.22. The number of nitrogens with zero attached hydrogens (tertiary/aromatic N) is 2. The highest BCUT2D eigenvalue weighted by atomic mass is 35.5. The zero-order chi connectivity index (χ0) is 18.5. The summed E-state index contributed by atoms with van der Waals surface area (Å²) in [6.45, 7) is 7.63. The van der Waals surface area contributed by atoms with Crippen LogP contribution in [0.25, 0.3) is 0 Å². The lowest BCUT2D eigenvalue weighted by atomic mass is 10.1. The second-order valence-corrected chi connectivity index (χ2v) is 7.08. The van der Waals surface area contributed by atoms with E-state index in [1.54, 1.807) is 0 Å². The van der Waals surface area contributed by atoms with Crippen LogP contribution < -0.4 is 9.64 Å². The van der Waals surface area contributed by atoms with Gasteiger partial charge < -0.3 is 14.5 Å². The van der Waals surface area contributed by atoms with Crippen LogP contribution in [0, 0.1) is 13.8 Å². The lowest BCUT2D eigenvalue weighted by molar-refractivity contribution is -0.132. The first-order valence-electron chi connectivity index (χ1n) is 9.02. The molecule has 3 rings (SSSR count). The third-order valence-electron chi connectivity index (χ3n) is 4.93. The summed E-state index contributed by atoms with van der Waals surface area (Å²) in [5.74, 6) is 1.02. The molecule has 0 radical (unpaired) electrons. The van der Waals surface area contributed by atoms with Crippen molar-refractivity contribution in [2.24, 2.45) is 0 Å². The first-order chi connectivity index (χ1) is 12.5. The van der Waals surface area contributed by atoms with Crippen LogP contribution in [0.4, 0.5) is 5.69 Å². The lowest BCUT2D eigenvalue weighted by Gasteiger charge is -2.36. The zero-order valence-corrected chi connectivity index (χ0v) is 16.1. The predicted molar refractivity (Wildman–Crippen MR) is 106 cm³/mol. The van der Waals surface area contributed by atoms with Gasteiger partial charge in [-0.25, -0.2) is 0 Å². The van der Waals surface area contributed by atoms with Crippen molar-refractivity contribution in [2.45, 2.75) is 20.3 Å². The minimum absolute atomic E-state index is 0.154. The van der Waals surface area contributed by atoms with Gasteiger partial charge in [0.2, 0.25) is 5.91 Å². The molecule has 5 heteroatoms. The number of amides is 1. The second-order valence-electron chi connectivity index (χ2n) is 6.64. The third kappa shape index (κ3) is 4.50. The Kier molecular flexibility index (Phi) is 6.04. The summed E-state index contributed by atoms with van der Waals surface area (Å²) in [5, 5.41) is 0.740. The van der Waals surface area contributed by atoms with Gasteiger partial charge in [-0.3, -0.25) is 4.79 Å². The number of hydrogen-bond donors (Lipinski definition) is 0. The van der Waals surface area contributed by atoms with Crippen LogP contribution in [0.5, 0.6) is 5.75 Å². The standard InChI is InChI=1S/C21H25ClN2O2/c1-16-5-3-8-20(17(16)2)26-14-9-21(25)24-12-10-23(11-13-24)19-7-4-6-18(22)15-19/h3-8,15H,9-14H2,1-2H3. The van der Waals surface area contributed by atoms with Crippen molar-refractivity contribution in [1.82, 2.24) is 4.90 Å². The van der Waals surface area contributed by atoms with Crippen molar-refractivity contribution in [3.8, 4) is 5.75 Å². The average Bonchev–Trinajstić information content (AvgIpc) is 2.65. The van der Waals surface area contributed by atoms with E-state index in [2.05, 4.69) is 24.0 Å². The van der Waals surface area contributed by atoms with E-state index in [-0.39, 0.29) is 5.91 Å². The van der Waals surface area contributed by atoms with Gasteiger partial charge in [0.05, 0.1) is 13.0 Å². The summed E-state index contributed by atoms with van der Waals surface area (Å²) < 4.78 is 5.81. The largest absolute Gasteiger partial charge is 0.493 e. The van der Waals surface area contributed by atoms with Crippen LogP contribution in [-0.4, -0.2) is 43.6 Å². The number of rotatable bonds is 5. The van der Waals surface area contributed by atoms with E-state index < -0.39 is 0 Å². The summed E-state index contributed by atoms with van der Waals surface area (Å²) in [6.07, 6.45) is 0.407. The number of carbonyl (C=O) groups is 1. The van der Waals surface area contributed by atoms with Gasteiger partial charge in [0.1, 0.15) is 5.75 Å². The van der Waals surface area contributed by atoms with Crippen LogP contribution in [0.3, 0.4) is 0 Å². The van der Waals surface area contributed by atoms with Gasteiger partial charge in [0.15, 0.2) is 0 Å². The van der Waals surface area contributed by atoms with Gasteiger partial charge in [-0.15, -0.1) is 0 Å². The third-order valence-corrected chi connectivity index (χ3v) is 5.17. The summed E-state index contributed by atoms with van der Waals surface area (Å²) in [7, 11) is 0. The molecular formula is C21H25ClN2O2. The molecule has 138 valence electrons. The van der Waals surface area contributed by atoms with Crippen LogP contribution in [-0.2, 0) is 4.79 Å². The van der Waals surface area contributed by atoms with E-state index in [0.717, 1.165) is 48.2 Å². The van der Waals surface area contributed by atoms with Gasteiger partial charge in [-0.2, -0.15) is 0 Å². The van der Waals surface area contributed by atoms with Crippen molar-refractivity contribution in [2.75, 3.05) is 37.7 Å². The van der Waals surface area contributed by atoms with E-state index in [9.17, 15) is 4.79 Å². The highest BCUT2D eigenvalue weighted by molar-refractivity contribution is 6.30. The van der Waals surface area contributed by atoms with Crippen molar-refractivity contribution in [3.63, 3.8) is 0 Å². The van der Waals surface area contributed by atoms with Gasteiger partial charge in [0.25, 0.3) is 0 Å². The molecule has 0 spiro atoms.